The second-order valence-corrected chi connectivity index (χ2v) is 7.24. The monoisotopic (exact) mass is 393 g/mol. The largest absolute Gasteiger partial charge is 0.352 e. The lowest BCUT2D eigenvalue weighted by Crippen LogP contribution is -2.27. The molecule has 1 saturated heterocycles. The molecule has 0 atom stereocenters. The van der Waals surface area contributed by atoms with Gasteiger partial charge in [0, 0.05) is 44.6 Å². The molecule has 0 aromatic heterocycles. The minimum absolute atomic E-state index is 0.0425. The van der Waals surface area contributed by atoms with Crippen LogP contribution in [0.3, 0.4) is 0 Å². The van der Waals surface area contributed by atoms with Gasteiger partial charge >= 0.3 is 0 Å². The molecule has 0 bridgehead atoms. The highest BCUT2D eigenvalue weighted by molar-refractivity contribution is 5.94. The molecule has 152 valence electrons. The maximum absolute atomic E-state index is 12.1. The van der Waals surface area contributed by atoms with Crippen LogP contribution in [0.4, 0.5) is 0 Å². The molecule has 2 aromatic carbocycles. The number of hydrogen-bond donors (Lipinski definition) is 2. The maximum Gasteiger partial charge on any atom is 0.251 e. The van der Waals surface area contributed by atoms with Crippen LogP contribution in [0.25, 0.3) is 0 Å². The third kappa shape index (κ3) is 6.45. The highest BCUT2D eigenvalue weighted by atomic mass is 16.2. The van der Waals surface area contributed by atoms with Gasteiger partial charge in [-0.1, -0.05) is 42.5 Å². The summed E-state index contributed by atoms with van der Waals surface area (Å²) in [6.07, 6.45) is 2.51. The van der Waals surface area contributed by atoms with Crippen LogP contribution in [0.5, 0.6) is 0 Å². The molecule has 6 heteroatoms. The summed E-state index contributed by atoms with van der Waals surface area (Å²) in [4.78, 5) is 37.6. The van der Waals surface area contributed by atoms with Crippen LogP contribution < -0.4 is 10.6 Å². The van der Waals surface area contributed by atoms with Crippen molar-refractivity contribution in [2.24, 2.45) is 0 Å². The zero-order valence-corrected chi connectivity index (χ0v) is 16.5. The Morgan fingerprint density at radius 1 is 0.966 bits per heavy atom. The van der Waals surface area contributed by atoms with Gasteiger partial charge in [-0.2, -0.15) is 0 Å². The summed E-state index contributed by atoms with van der Waals surface area (Å²) in [7, 11) is 0. The Labute approximate surface area is 171 Å². The molecule has 3 rings (SSSR count). The number of hydrogen-bond acceptors (Lipinski definition) is 3. The van der Waals surface area contributed by atoms with Crippen LogP contribution in [0.1, 0.15) is 47.2 Å². The van der Waals surface area contributed by atoms with Gasteiger partial charge in [0.25, 0.3) is 5.91 Å². The normalized spacial score (nSPS) is 13.4. The molecule has 0 radical (unpaired) electrons. The molecule has 1 aliphatic heterocycles. The summed E-state index contributed by atoms with van der Waals surface area (Å²) in [6.45, 7) is 2.36. The van der Waals surface area contributed by atoms with E-state index in [1.807, 2.05) is 47.4 Å². The Kier molecular flexibility index (Phi) is 7.39. The smallest absolute Gasteiger partial charge is 0.251 e. The molecule has 0 saturated carbocycles. The van der Waals surface area contributed by atoms with E-state index in [9.17, 15) is 14.4 Å². The van der Waals surface area contributed by atoms with Gasteiger partial charge in [-0.05, 0) is 36.1 Å². The second kappa shape index (κ2) is 10.4. The van der Waals surface area contributed by atoms with Crippen molar-refractivity contribution in [3.63, 3.8) is 0 Å². The van der Waals surface area contributed by atoms with E-state index in [1.165, 1.54) is 0 Å². The van der Waals surface area contributed by atoms with Crippen LogP contribution in [0.15, 0.2) is 54.6 Å². The number of carbonyl (C=O) groups is 3. The summed E-state index contributed by atoms with van der Waals surface area (Å²) in [5.74, 6) is 0.0430. The van der Waals surface area contributed by atoms with Crippen molar-refractivity contribution in [1.29, 1.82) is 0 Å². The van der Waals surface area contributed by atoms with Gasteiger partial charge in [-0.15, -0.1) is 0 Å². The molecule has 2 aromatic rings. The van der Waals surface area contributed by atoms with E-state index in [1.54, 1.807) is 12.1 Å². The van der Waals surface area contributed by atoms with Crippen molar-refractivity contribution < 1.29 is 14.4 Å². The number of likely N-dealkylation sites (tertiary alicyclic amines) is 1. The fraction of sp³-hybridized carbons (Fsp3) is 0.348. The first-order chi connectivity index (χ1) is 14.1. The summed E-state index contributed by atoms with van der Waals surface area (Å²) in [6, 6.07) is 17.0. The van der Waals surface area contributed by atoms with Gasteiger partial charge in [0.2, 0.25) is 11.8 Å². The third-order valence-electron chi connectivity index (χ3n) is 4.93. The predicted molar refractivity (Wildman–Crippen MR) is 111 cm³/mol. The van der Waals surface area contributed by atoms with Gasteiger partial charge in [0.1, 0.15) is 0 Å². The maximum atomic E-state index is 12.1. The first kappa shape index (κ1) is 20.6. The van der Waals surface area contributed by atoms with E-state index >= 15 is 0 Å². The molecule has 29 heavy (non-hydrogen) atoms. The molecular weight excluding hydrogens is 366 g/mol. The topological polar surface area (TPSA) is 78.5 Å². The Hall–Kier alpha value is -3.15. The van der Waals surface area contributed by atoms with Crippen molar-refractivity contribution in [2.45, 2.75) is 38.8 Å². The number of amides is 3. The number of benzene rings is 2. The van der Waals surface area contributed by atoms with Crippen molar-refractivity contribution in [1.82, 2.24) is 15.5 Å². The number of nitrogens with one attached hydrogen (secondary N) is 2. The van der Waals surface area contributed by atoms with Crippen LogP contribution in [0.2, 0.25) is 0 Å². The second-order valence-electron chi connectivity index (χ2n) is 7.24. The van der Waals surface area contributed by atoms with Crippen LogP contribution in [-0.2, 0) is 22.7 Å². The van der Waals surface area contributed by atoms with Crippen molar-refractivity contribution in [2.75, 3.05) is 13.1 Å². The Balaban J connectivity index is 1.35. The first-order valence-corrected chi connectivity index (χ1v) is 10.1. The quantitative estimate of drug-likeness (QED) is 0.643. The van der Waals surface area contributed by atoms with Gasteiger partial charge in [0.05, 0.1) is 0 Å². The number of nitrogens with zero attached hydrogens (tertiary/aromatic N) is 1. The van der Waals surface area contributed by atoms with Crippen LogP contribution >= 0.6 is 0 Å². The van der Waals surface area contributed by atoms with Gasteiger partial charge in [-0.3, -0.25) is 14.4 Å². The van der Waals surface area contributed by atoms with Gasteiger partial charge < -0.3 is 15.5 Å². The summed E-state index contributed by atoms with van der Waals surface area (Å²) >= 11 is 0. The Morgan fingerprint density at radius 3 is 2.52 bits per heavy atom. The molecular formula is C23H27N3O3. The molecule has 6 nitrogen and oxygen atoms in total. The summed E-state index contributed by atoms with van der Waals surface area (Å²) < 4.78 is 0. The van der Waals surface area contributed by atoms with Gasteiger partial charge in [0.15, 0.2) is 0 Å². The highest BCUT2D eigenvalue weighted by Gasteiger charge is 2.19. The lowest BCUT2D eigenvalue weighted by molar-refractivity contribution is -0.128. The zero-order chi connectivity index (χ0) is 20.5. The highest BCUT2D eigenvalue weighted by Crippen LogP contribution is 2.15. The van der Waals surface area contributed by atoms with Crippen molar-refractivity contribution in [3.05, 3.63) is 71.3 Å². The van der Waals surface area contributed by atoms with E-state index in [0.717, 1.165) is 24.1 Å². The first-order valence-electron chi connectivity index (χ1n) is 10.1. The van der Waals surface area contributed by atoms with Crippen molar-refractivity contribution >= 4 is 17.7 Å². The molecule has 0 aliphatic carbocycles. The van der Waals surface area contributed by atoms with E-state index in [2.05, 4.69) is 10.6 Å². The van der Waals surface area contributed by atoms with E-state index in [-0.39, 0.29) is 17.7 Å². The lowest BCUT2D eigenvalue weighted by Gasteiger charge is -2.16. The standard InChI is InChI=1S/C23H27N3O3/c27-21(11-5-13-24-23(29)20-9-2-1-3-10-20)25-16-18-7-4-8-19(15-18)17-26-14-6-12-22(26)28/h1-4,7-10,15H,5-6,11-14,16-17H2,(H,24,29)(H,25,27). The lowest BCUT2D eigenvalue weighted by atomic mass is 10.1. The fourth-order valence-electron chi connectivity index (χ4n) is 3.36. The Bertz CT molecular complexity index is 851. The summed E-state index contributed by atoms with van der Waals surface area (Å²) in [5.41, 5.74) is 2.71. The summed E-state index contributed by atoms with van der Waals surface area (Å²) in [5, 5.41) is 5.74. The van der Waals surface area contributed by atoms with E-state index in [4.69, 9.17) is 0 Å². The SMILES string of the molecule is O=C(CCCNC(=O)c1ccccc1)NCc1cccc(CN2CCCC2=O)c1. The minimum atomic E-state index is -0.126. The molecule has 3 amide bonds. The molecule has 2 N–H and O–H groups in total. The third-order valence-corrected chi connectivity index (χ3v) is 4.93. The molecule has 0 spiro atoms. The predicted octanol–water partition coefficient (Wildman–Crippen LogP) is 2.64. The minimum Gasteiger partial charge on any atom is -0.352 e. The number of rotatable bonds is 9. The van der Waals surface area contributed by atoms with E-state index in [0.29, 0.717) is 44.5 Å². The Morgan fingerprint density at radius 2 is 1.76 bits per heavy atom. The number of carbonyl (C=O) groups excluding carboxylic acids is 3. The zero-order valence-electron chi connectivity index (χ0n) is 16.5. The molecule has 1 aliphatic rings. The molecule has 1 heterocycles. The van der Waals surface area contributed by atoms with Gasteiger partial charge in [-0.25, -0.2) is 0 Å². The average molecular weight is 393 g/mol. The van der Waals surface area contributed by atoms with Crippen LogP contribution in [-0.4, -0.2) is 35.7 Å². The van der Waals surface area contributed by atoms with E-state index < -0.39 is 0 Å². The molecule has 0 unspecified atom stereocenters. The molecule has 1 fully saturated rings. The fourth-order valence-corrected chi connectivity index (χ4v) is 3.36. The van der Waals surface area contributed by atoms with Crippen molar-refractivity contribution in [3.8, 4) is 0 Å². The van der Waals surface area contributed by atoms with Crippen LogP contribution in [0, 0.1) is 0 Å². The average Bonchev–Trinajstić information content (AvgIpc) is 3.15.